The molecule has 1 atom stereocenters. The summed E-state index contributed by atoms with van der Waals surface area (Å²) in [6.45, 7) is 3.80. The number of benzene rings is 2. The number of rotatable bonds is 5. The number of ether oxygens (including phenoxy) is 2. The van der Waals surface area contributed by atoms with Gasteiger partial charge in [0.2, 0.25) is 0 Å². The lowest BCUT2D eigenvalue weighted by atomic mass is 10.0. The highest BCUT2D eigenvalue weighted by Gasteiger charge is 2.26. The largest absolute Gasteiger partial charge is 0.496 e. The summed E-state index contributed by atoms with van der Waals surface area (Å²) in [6, 6.07) is 16.8. The number of hydrogen-bond acceptors (Lipinski definition) is 4. The molecule has 0 radical (unpaired) electrons. The maximum atomic E-state index is 5.56. The van der Waals surface area contributed by atoms with Crippen LogP contribution in [-0.4, -0.2) is 38.8 Å². The van der Waals surface area contributed by atoms with Crippen molar-refractivity contribution < 1.29 is 9.47 Å². The molecule has 0 aliphatic carbocycles. The van der Waals surface area contributed by atoms with Crippen LogP contribution in [0.4, 0.5) is 0 Å². The Kier molecular flexibility index (Phi) is 5.16. The van der Waals surface area contributed by atoms with E-state index in [9.17, 15) is 0 Å². The first kappa shape index (κ1) is 15.8. The van der Waals surface area contributed by atoms with E-state index in [0.29, 0.717) is 6.04 Å². The van der Waals surface area contributed by atoms with Crippen LogP contribution in [0.15, 0.2) is 48.5 Å². The standard InChI is InChI=1S/C19H24N2O2/c1-22-18-9-5-3-7-15(18)14-21-12-11-20-13-17(21)16-8-4-6-10-19(16)23-2/h3-10,17,20H,11-14H2,1-2H3. The minimum Gasteiger partial charge on any atom is -0.496 e. The van der Waals surface area contributed by atoms with Crippen LogP contribution in [0.1, 0.15) is 17.2 Å². The average Bonchev–Trinajstić information content (AvgIpc) is 2.62. The van der Waals surface area contributed by atoms with E-state index >= 15 is 0 Å². The molecule has 23 heavy (non-hydrogen) atoms. The summed E-state index contributed by atoms with van der Waals surface area (Å²) in [4.78, 5) is 2.49. The Labute approximate surface area is 138 Å². The van der Waals surface area contributed by atoms with Gasteiger partial charge in [0.15, 0.2) is 0 Å². The molecule has 2 aromatic rings. The first-order chi connectivity index (χ1) is 11.3. The topological polar surface area (TPSA) is 33.7 Å². The number of hydrogen-bond donors (Lipinski definition) is 1. The highest BCUT2D eigenvalue weighted by Crippen LogP contribution is 2.32. The second kappa shape index (κ2) is 7.49. The molecule has 4 nitrogen and oxygen atoms in total. The van der Waals surface area contributed by atoms with Crippen LogP contribution in [0.25, 0.3) is 0 Å². The molecule has 2 aromatic carbocycles. The van der Waals surface area contributed by atoms with E-state index in [1.807, 2.05) is 24.3 Å². The summed E-state index contributed by atoms with van der Waals surface area (Å²) in [5.74, 6) is 1.90. The van der Waals surface area contributed by atoms with Gasteiger partial charge in [0.25, 0.3) is 0 Å². The molecule has 0 amide bonds. The van der Waals surface area contributed by atoms with Crippen molar-refractivity contribution in [3.63, 3.8) is 0 Å². The number of para-hydroxylation sites is 2. The Morgan fingerprint density at radius 2 is 1.70 bits per heavy atom. The summed E-state index contributed by atoms with van der Waals surface area (Å²) in [6.07, 6.45) is 0. The second-order valence-electron chi connectivity index (χ2n) is 5.74. The molecule has 1 N–H and O–H groups in total. The van der Waals surface area contributed by atoms with Gasteiger partial charge < -0.3 is 14.8 Å². The Morgan fingerprint density at radius 1 is 1.00 bits per heavy atom. The zero-order valence-corrected chi connectivity index (χ0v) is 13.8. The molecule has 0 bridgehead atoms. The van der Waals surface area contributed by atoms with Gasteiger partial charge in [-0.15, -0.1) is 0 Å². The highest BCUT2D eigenvalue weighted by atomic mass is 16.5. The molecule has 0 saturated carbocycles. The lowest BCUT2D eigenvalue weighted by Crippen LogP contribution is -2.45. The fraction of sp³-hybridized carbons (Fsp3) is 0.368. The fourth-order valence-corrected chi connectivity index (χ4v) is 3.24. The molecule has 122 valence electrons. The quantitative estimate of drug-likeness (QED) is 0.920. The predicted octanol–water partition coefficient (Wildman–Crippen LogP) is 2.85. The summed E-state index contributed by atoms with van der Waals surface area (Å²) in [5, 5.41) is 3.50. The molecule has 1 unspecified atom stereocenters. The third kappa shape index (κ3) is 3.49. The Balaban J connectivity index is 1.87. The third-order valence-corrected chi connectivity index (χ3v) is 4.42. The van der Waals surface area contributed by atoms with E-state index in [-0.39, 0.29) is 0 Å². The summed E-state index contributed by atoms with van der Waals surface area (Å²) in [7, 11) is 3.47. The maximum Gasteiger partial charge on any atom is 0.123 e. The van der Waals surface area contributed by atoms with E-state index in [2.05, 4.69) is 34.5 Å². The molecule has 0 aromatic heterocycles. The lowest BCUT2D eigenvalue weighted by molar-refractivity contribution is 0.149. The van der Waals surface area contributed by atoms with Crippen LogP contribution in [0, 0.1) is 0 Å². The minimum absolute atomic E-state index is 0.296. The van der Waals surface area contributed by atoms with E-state index in [1.54, 1.807) is 14.2 Å². The van der Waals surface area contributed by atoms with Crippen molar-refractivity contribution in [3.8, 4) is 11.5 Å². The number of methoxy groups -OCH3 is 2. The van der Waals surface area contributed by atoms with Crippen molar-refractivity contribution in [2.45, 2.75) is 12.6 Å². The Hall–Kier alpha value is -2.04. The first-order valence-corrected chi connectivity index (χ1v) is 8.03. The normalized spacial score (nSPS) is 18.6. The van der Waals surface area contributed by atoms with Gasteiger partial charge in [-0.3, -0.25) is 4.90 Å². The number of nitrogens with one attached hydrogen (secondary N) is 1. The summed E-state index contributed by atoms with van der Waals surface area (Å²) in [5.41, 5.74) is 2.45. The van der Waals surface area contributed by atoms with Gasteiger partial charge in [-0.2, -0.15) is 0 Å². The Bertz CT molecular complexity index is 645. The monoisotopic (exact) mass is 312 g/mol. The molecule has 1 heterocycles. The van der Waals surface area contributed by atoms with Crippen molar-refractivity contribution in [1.82, 2.24) is 10.2 Å². The van der Waals surface area contributed by atoms with Crippen LogP contribution in [-0.2, 0) is 6.54 Å². The summed E-state index contributed by atoms with van der Waals surface area (Å²) >= 11 is 0. The SMILES string of the molecule is COc1ccccc1CN1CCNCC1c1ccccc1OC. The highest BCUT2D eigenvalue weighted by molar-refractivity contribution is 5.37. The van der Waals surface area contributed by atoms with E-state index in [4.69, 9.17) is 9.47 Å². The zero-order valence-electron chi connectivity index (χ0n) is 13.8. The van der Waals surface area contributed by atoms with Crippen molar-refractivity contribution in [2.75, 3.05) is 33.9 Å². The van der Waals surface area contributed by atoms with Gasteiger partial charge in [0.05, 0.1) is 20.3 Å². The lowest BCUT2D eigenvalue weighted by Gasteiger charge is -2.37. The van der Waals surface area contributed by atoms with Gasteiger partial charge in [0, 0.05) is 37.3 Å². The zero-order chi connectivity index (χ0) is 16.1. The molecular weight excluding hydrogens is 288 g/mol. The third-order valence-electron chi connectivity index (χ3n) is 4.42. The van der Waals surface area contributed by atoms with E-state index in [1.165, 1.54) is 11.1 Å². The molecular formula is C19H24N2O2. The van der Waals surface area contributed by atoms with Crippen molar-refractivity contribution in [3.05, 3.63) is 59.7 Å². The van der Waals surface area contributed by atoms with Crippen molar-refractivity contribution in [2.24, 2.45) is 0 Å². The van der Waals surface area contributed by atoms with Gasteiger partial charge >= 0.3 is 0 Å². The molecule has 4 heteroatoms. The minimum atomic E-state index is 0.296. The van der Waals surface area contributed by atoms with Crippen LogP contribution in [0.2, 0.25) is 0 Å². The average molecular weight is 312 g/mol. The maximum absolute atomic E-state index is 5.56. The molecule has 1 fully saturated rings. The summed E-state index contributed by atoms with van der Waals surface area (Å²) < 4.78 is 11.1. The second-order valence-corrected chi connectivity index (χ2v) is 5.74. The van der Waals surface area contributed by atoms with Gasteiger partial charge in [0.1, 0.15) is 11.5 Å². The van der Waals surface area contributed by atoms with Crippen molar-refractivity contribution >= 4 is 0 Å². The van der Waals surface area contributed by atoms with Crippen LogP contribution < -0.4 is 14.8 Å². The van der Waals surface area contributed by atoms with E-state index in [0.717, 1.165) is 37.7 Å². The molecule has 3 rings (SSSR count). The predicted molar refractivity (Wildman–Crippen MR) is 92.0 cm³/mol. The molecule has 1 aliphatic rings. The fourth-order valence-electron chi connectivity index (χ4n) is 3.24. The first-order valence-electron chi connectivity index (χ1n) is 8.03. The van der Waals surface area contributed by atoms with Crippen LogP contribution >= 0.6 is 0 Å². The molecule has 1 aliphatic heterocycles. The van der Waals surface area contributed by atoms with Gasteiger partial charge in [-0.1, -0.05) is 36.4 Å². The molecule has 0 spiro atoms. The Morgan fingerprint density at radius 3 is 2.48 bits per heavy atom. The van der Waals surface area contributed by atoms with Gasteiger partial charge in [-0.25, -0.2) is 0 Å². The smallest absolute Gasteiger partial charge is 0.123 e. The number of nitrogens with zero attached hydrogens (tertiary/aromatic N) is 1. The van der Waals surface area contributed by atoms with Crippen LogP contribution in [0.5, 0.6) is 11.5 Å². The van der Waals surface area contributed by atoms with E-state index < -0.39 is 0 Å². The van der Waals surface area contributed by atoms with Crippen LogP contribution in [0.3, 0.4) is 0 Å². The number of piperazine rings is 1. The molecule has 1 saturated heterocycles. The van der Waals surface area contributed by atoms with Crippen molar-refractivity contribution in [1.29, 1.82) is 0 Å². The van der Waals surface area contributed by atoms with Gasteiger partial charge in [-0.05, 0) is 12.1 Å².